The summed E-state index contributed by atoms with van der Waals surface area (Å²) in [6, 6.07) is 7.18. The highest BCUT2D eigenvalue weighted by molar-refractivity contribution is 5.66. The molecule has 100 valence electrons. The first kappa shape index (κ1) is 13.2. The predicted molar refractivity (Wildman–Crippen MR) is 66.2 cm³/mol. The summed E-state index contributed by atoms with van der Waals surface area (Å²) in [5, 5.41) is 21.3. The van der Waals surface area contributed by atoms with Crippen LogP contribution in [-0.2, 0) is 17.8 Å². The second-order valence-electron chi connectivity index (χ2n) is 4.11. The first-order valence-electron chi connectivity index (χ1n) is 5.93. The molecule has 0 aliphatic carbocycles. The number of hydrogen-bond donors (Lipinski definition) is 2. The summed E-state index contributed by atoms with van der Waals surface area (Å²) in [7, 11) is 0. The third-order valence-corrected chi connectivity index (χ3v) is 2.64. The highest BCUT2D eigenvalue weighted by Gasteiger charge is 2.09. The maximum absolute atomic E-state index is 10.4. The molecule has 0 spiro atoms. The van der Waals surface area contributed by atoms with Gasteiger partial charge in [0.05, 0.1) is 6.61 Å². The van der Waals surface area contributed by atoms with Gasteiger partial charge in [0.2, 0.25) is 11.7 Å². The largest absolute Gasteiger partial charge is 0.481 e. The number of carboxylic acid groups (broad SMARTS) is 1. The third kappa shape index (κ3) is 3.62. The molecule has 6 nitrogen and oxygen atoms in total. The first-order chi connectivity index (χ1) is 9.19. The Morgan fingerprint density at radius 2 is 2.00 bits per heavy atom. The molecule has 0 saturated carbocycles. The van der Waals surface area contributed by atoms with Crippen molar-refractivity contribution in [3.05, 3.63) is 35.7 Å². The Morgan fingerprint density at radius 1 is 1.26 bits per heavy atom. The van der Waals surface area contributed by atoms with Crippen molar-refractivity contribution < 1.29 is 19.5 Å². The molecule has 6 heteroatoms. The number of aliphatic hydroxyl groups excluding tert-OH is 1. The van der Waals surface area contributed by atoms with Gasteiger partial charge in [-0.3, -0.25) is 4.79 Å². The average Bonchev–Trinajstić information content (AvgIpc) is 2.87. The summed E-state index contributed by atoms with van der Waals surface area (Å²) in [6.07, 6.45) is 1.01. The number of benzene rings is 1. The Morgan fingerprint density at radius 3 is 2.63 bits per heavy atom. The van der Waals surface area contributed by atoms with E-state index in [9.17, 15) is 4.79 Å². The van der Waals surface area contributed by atoms with E-state index in [0.717, 1.165) is 11.1 Å². The van der Waals surface area contributed by atoms with Crippen LogP contribution in [-0.4, -0.2) is 26.3 Å². The first-order valence-corrected chi connectivity index (χ1v) is 5.93. The molecule has 0 unspecified atom stereocenters. The van der Waals surface area contributed by atoms with Gasteiger partial charge < -0.3 is 14.7 Å². The Kier molecular flexibility index (Phi) is 4.25. The lowest BCUT2D eigenvalue weighted by atomic mass is 10.1. The van der Waals surface area contributed by atoms with E-state index in [4.69, 9.17) is 14.7 Å². The maximum Gasteiger partial charge on any atom is 0.303 e. The number of rotatable bonds is 6. The summed E-state index contributed by atoms with van der Waals surface area (Å²) in [4.78, 5) is 14.6. The number of aryl methyl sites for hydroxylation is 1. The number of aromatic nitrogens is 2. The third-order valence-electron chi connectivity index (χ3n) is 2.64. The van der Waals surface area contributed by atoms with Crippen molar-refractivity contribution in [2.24, 2.45) is 0 Å². The van der Waals surface area contributed by atoms with Gasteiger partial charge in [-0.05, 0) is 12.0 Å². The van der Waals surface area contributed by atoms with E-state index in [2.05, 4.69) is 10.1 Å². The molecule has 0 fully saturated rings. The van der Waals surface area contributed by atoms with E-state index in [0.29, 0.717) is 24.6 Å². The number of carboxylic acids is 1. The molecule has 0 atom stereocenters. The van der Waals surface area contributed by atoms with Crippen molar-refractivity contribution in [3.8, 4) is 11.4 Å². The quantitative estimate of drug-likeness (QED) is 0.821. The Hall–Kier alpha value is -2.21. The molecular weight excluding hydrogens is 248 g/mol. The molecule has 1 aromatic heterocycles. The zero-order valence-corrected chi connectivity index (χ0v) is 10.2. The molecule has 2 N–H and O–H groups in total. The molecule has 0 bridgehead atoms. The van der Waals surface area contributed by atoms with Crippen LogP contribution in [0.4, 0.5) is 0 Å². The van der Waals surface area contributed by atoms with Gasteiger partial charge in [0.15, 0.2) is 0 Å². The monoisotopic (exact) mass is 262 g/mol. The highest BCUT2D eigenvalue weighted by atomic mass is 16.5. The van der Waals surface area contributed by atoms with Gasteiger partial charge in [-0.1, -0.05) is 29.4 Å². The lowest BCUT2D eigenvalue weighted by Crippen LogP contribution is -1.96. The molecule has 2 aromatic rings. The molecule has 0 aliphatic rings. The molecule has 19 heavy (non-hydrogen) atoms. The van der Waals surface area contributed by atoms with E-state index in [1.54, 1.807) is 24.3 Å². The van der Waals surface area contributed by atoms with Gasteiger partial charge in [-0.15, -0.1) is 0 Å². The van der Waals surface area contributed by atoms with Crippen molar-refractivity contribution in [3.63, 3.8) is 0 Å². The number of aliphatic hydroxyl groups is 1. The minimum atomic E-state index is -0.834. The van der Waals surface area contributed by atoms with Gasteiger partial charge in [-0.2, -0.15) is 4.98 Å². The second kappa shape index (κ2) is 6.10. The van der Waals surface area contributed by atoms with Gasteiger partial charge in [0.25, 0.3) is 0 Å². The molecule has 0 aliphatic heterocycles. The summed E-state index contributed by atoms with van der Waals surface area (Å²) in [5.74, 6) is 0.0663. The van der Waals surface area contributed by atoms with Crippen LogP contribution in [0.5, 0.6) is 0 Å². The molecule has 1 heterocycles. The Bertz CT molecular complexity index is 548. The summed E-state index contributed by atoms with van der Waals surface area (Å²) < 4.78 is 5.05. The normalized spacial score (nSPS) is 10.6. The molecule has 0 saturated heterocycles. The zero-order valence-electron chi connectivity index (χ0n) is 10.2. The van der Waals surface area contributed by atoms with Crippen molar-refractivity contribution in [1.29, 1.82) is 0 Å². The van der Waals surface area contributed by atoms with E-state index >= 15 is 0 Å². The van der Waals surface area contributed by atoms with Crippen molar-refractivity contribution in [1.82, 2.24) is 10.1 Å². The Balaban J connectivity index is 2.01. The van der Waals surface area contributed by atoms with E-state index in [1.165, 1.54) is 0 Å². The number of carbonyl (C=O) groups is 1. The van der Waals surface area contributed by atoms with Crippen molar-refractivity contribution in [2.45, 2.75) is 25.9 Å². The average molecular weight is 262 g/mol. The van der Waals surface area contributed by atoms with Crippen LogP contribution in [0.1, 0.15) is 24.3 Å². The lowest BCUT2D eigenvalue weighted by Gasteiger charge is -1.96. The predicted octanol–water partition coefficient (Wildman–Crippen LogP) is 1.64. The van der Waals surface area contributed by atoms with E-state index < -0.39 is 5.97 Å². The number of hydrogen-bond acceptors (Lipinski definition) is 5. The highest BCUT2D eigenvalue weighted by Crippen LogP contribution is 2.17. The molecule has 0 radical (unpaired) electrons. The van der Waals surface area contributed by atoms with Crippen LogP contribution in [0, 0.1) is 0 Å². The smallest absolute Gasteiger partial charge is 0.303 e. The minimum Gasteiger partial charge on any atom is -0.481 e. The van der Waals surface area contributed by atoms with Crippen molar-refractivity contribution >= 4 is 5.97 Å². The molecule has 2 rings (SSSR count). The van der Waals surface area contributed by atoms with Crippen molar-refractivity contribution in [2.75, 3.05) is 0 Å². The van der Waals surface area contributed by atoms with E-state index in [-0.39, 0.29) is 13.0 Å². The van der Waals surface area contributed by atoms with Gasteiger partial charge in [0, 0.05) is 18.4 Å². The fourth-order valence-electron chi connectivity index (χ4n) is 1.62. The molecule has 1 aromatic carbocycles. The zero-order chi connectivity index (χ0) is 13.7. The fraction of sp³-hybridized carbons (Fsp3) is 0.308. The lowest BCUT2D eigenvalue weighted by molar-refractivity contribution is -0.137. The van der Waals surface area contributed by atoms with Crippen LogP contribution in [0.2, 0.25) is 0 Å². The van der Waals surface area contributed by atoms with Gasteiger partial charge in [-0.25, -0.2) is 0 Å². The molecule has 0 amide bonds. The minimum absolute atomic E-state index is 0.00698. The summed E-state index contributed by atoms with van der Waals surface area (Å²) in [6.45, 7) is -0.00698. The number of aliphatic carboxylic acids is 1. The molecular formula is C13H14N2O4. The fourth-order valence-corrected chi connectivity index (χ4v) is 1.62. The maximum atomic E-state index is 10.4. The van der Waals surface area contributed by atoms with Crippen LogP contribution in [0.3, 0.4) is 0 Å². The van der Waals surface area contributed by atoms with Gasteiger partial charge >= 0.3 is 5.97 Å². The second-order valence-corrected chi connectivity index (χ2v) is 4.11. The van der Waals surface area contributed by atoms with Gasteiger partial charge in [0.1, 0.15) is 0 Å². The SMILES string of the molecule is O=C(O)CCCc1nc(-c2ccc(CO)cc2)no1. The number of nitrogens with zero attached hydrogens (tertiary/aromatic N) is 2. The topological polar surface area (TPSA) is 96.5 Å². The van der Waals surface area contributed by atoms with Crippen LogP contribution < -0.4 is 0 Å². The summed E-state index contributed by atoms with van der Waals surface area (Å²) in [5.41, 5.74) is 1.61. The Labute approximate surface area is 109 Å². The standard InChI is InChI=1S/C13H14N2O4/c16-8-9-4-6-10(7-5-9)13-14-11(19-15-13)2-1-3-12(17)18/h4-7,16H,1-3,8H2,(H,17,18). The van der Waals surface area contributed by atoms with E-state index in [1.807, 2.05) is 0 Å². The summed E-state index contributed by atoms with van der Waals surface area (Å²) >= 11 is 0. The van der Waals surface area contributed by atoms with Crippen LogP contribution in [0.25, 0.3) is 11.4 Å². The van der Waals surface area contributed by atoms with Crippen LogP contribution >= 0.6 is 0 Å². The van der Waals surface area contributed by atoms with Crippen LogP contribution in [0.15, 0.2) is 28.8 Å².